The topological polar surface area (TPSA) is 146 Å². The quantitative estimate of drug-likeness (QED) is 0.260. The molecule has 1 rings (SSSR count). The van der Waals surface area contributed by atoms with Crippen LogP contribution in [0.15, 0.2) is 0 Å². The number of ketones is 1. The van der Waals surface area contributed by atoms with Gasteiger partial charge < -0.3 is 35.2 Å². The lowest BCUT2D eigenvalue weighted by atomic mass is 9.90. The molecule has 0 radical (unpaired) electrons. The lowest BCUT2D eigenvalue weighted by Gasteiger charge is -2.39. The third-order valence-corrected chi connectivity index (χ3v) is 3.62. The highest BCUT2D eigenvalue weighted by Crippen LogP contribution is 2.22. The summed E-state index contributed by atoms with van der Waals surface area (Å²) in [6, 6.07) is 0. The summed E-state index contributed by atoms with van der Waals surface area (Å²) in [5.74, 6) is -1.19. The molecule has 1 fully saturated rings. The van der Waals surface area contributed by atoms with Crippen molar-refractivity contribution in [3.8, 4) is 0 Å². The van der Waals surface area contributed by atoms with Crippen molar-refractivity contribution in [2.24, 2.45) is 5.41 Å². The minimum absolute atomic E-state index is 0.0761. The zero-order chi connectivity index (χ0) is 18.5. The molecule has 1 saturated heterocycles. The highest BCUT2D eigenvalue weighted by molar-refractivity contribution is 6.37. The van der Waals surface area contributed by atoms with Crippen LogP contribution >= 0.6 is 0 Å². The van der Waals surface area contributed by atoms with Crippen LogP contribution < -0.4 is 5.32 Å². The molecule has 1 heterocycles. The van der Waals surface area contributed by atoms with E-state index in [1.165, 1.54) is 0 Å². The van der Waals surface area contributed by atoms with E-state index in [-0.39, 0.29) is 13.2 Å². The van der Waals surface area contributed by atoms with E-state index in [1.807, 2.05) is 0 Å². The molecule has 5 atom stereocenters. The average Bonchev–Trinajstić information content (AvgIpc) is 2.52. The van der Waals surface area contributed by atoms with E-state index in [0.29, 0.717) is 6.42 Å². The number of amides is 1. The maximum atomic E-state index is 11.7. The van der Waals surface area contributed by atoms with Gasteiger partial charge in [0.15, 0.2) is 6.29 Å². The summed E-state index contributed by atoms with van der Waals surface area (Å²) in [4.78, 5) is 23.3. The lowest BCUT2D eigenvalue weighted by Crippen LogP contribution is -2.59. The summed E-state index contributed by atoms with van der Waals surface area (Å²) in [6.07, 6.45) is -6.28. The van der Waals surface area contributed by atoms with E-state index in [2.05, 4.69) is 5.32 Å². The van der Waals surface area contributed by atoms with Crippen molar-refractivity contribution in [3.63, 3.8) is 0 Å². The van der Waals surface area contributed by atoms with Crippen molar-refractivity contribution in [1.82, 2.24) is 5.32 Å². The molecular formula is C15H27NO8. The fourth-order valence-electron chi connectivity index (χ4n) is 2.10. The van der Waals surface area contributed by atoms with Gasteiger partial charge in [0.2, 0.25) is 5.78 Å². The first-order valence-corrected chi connectivity index (χ1v) is 7.84. The number of aliphatic hydroxyl groups excluding tert-OH is 4. The Morgan fingerprint density at radius 2 is 1.75 bits per heavy atom. The van der Waals surface area contributed by atoms with Crippen molar-refractivity contribution in [1.29, 1.82) is 0 Å². The van der Waals surface area contributed by atoms with Crippen molar-refractivity contribution >= 4 is 11.7 Å². The number of hydrogen-bond acceptors (Lipinski definition) is 8. The number of Topliss-reactive ketones (excluding diaryl/α,β-unsaturated/α-hetero) is 1. The van der Waals surface area contributed by atoms with E-state index in [0.717, 1.165) is 0 Å². The van der Waals surface area contributed by atoms with Crippen molar-refractivity contribution < 1.29 is 39.5 Å². The molecule has 0 saturated carbocycles. The van der Waals surface area contributed by atoms with Crippen LogP contribution in [0.4, 0.5) is 0 Å². The van der Waals surface area contributed by atoms with Gasteiger partial charge in [-0.25, -0.2) is 0 Å². The summed E-state index contributed by atoms with van der Waals surface area (Å²) < 4.78 is 10.4. The summed E-state index contributed by atoms with van der Waals surface area (Å²) >= 11 is 0. The van der Waals surface area contributed by atoms with Gasteiger partial charge in [0.25, 0.3) is 5.91 Å². The second-order valence-corrected chi connectivity index (χ2v) is 6.76. The number of ether oxygens (including phenoxy) is 2. The monoisotopic (exact) mass is 349 g/mol. The van der Waals surface area contributed by atoms with Crippen molar-refractivity contribution in [2.45, 2.75) is 57.9 Å². The van der Waals surface area contributed by atoms with E-state index in [9.17, 15) is 24.9 Å². The Balaban J connectivity index is 2.32. The molecule has 1 amide bonds. The Kier molecular flexibility index (Phi) is 7.71. The molecule has 0 unspecified atom stereocenters. The van der Waals surface area contributed by atoms with Gasteiger partial charge >= 0.3 is 0 Å². The maximum Gasteiger partial charge on any atom is 0.287 e. The Morgan fingerprint density at radius 1 is 1.12 bits per heavy atom. The van der Waals surface area contributed by atoms with Crippen LogP contribution in [0.5, 0.6) is 0 Å². The summed E-state index contributed by atoms with van der Waals surface area (Å²) in [5.41, 5.74) is -0.753. The second-order valence-electron chi connectivity index (χ2n) is 6.76. The molecule has 0 aromatic carbocycles. The molecule has 1 aliphatic heterocycles. The van der Waals surface area contributed by atoms with E-state index >= 15 is 0 Å². The molecule has 0 aliphatic carbocycles. The first kappa shape index (κ1) is 20.9. The van der Waals surface area contributed by atoms with Crippen LogP contribution in [0.25, 0.3) is 0 Å². The Morgan fingerprint density at radius 3 is 2.29 bits per heavy atom. The molecule has 9 heteroatoms. The molecule has 0 bridgehead atoms. The maximum absolute atomic E-state index is 11.7. The van der Waals surface area contributed by atoms with Gasteiger partial charge in [0.1, 0.15) is 24.4 Å². The smallest absolute Gasteiger partial charge is 0.287 e. The van der Waals surface area contributed by atoms with Crippen LogP contribution in [0.1, 0.15) is 27.2 Å². The first-order chi connectivity index (χ1) is 11.1. The van der Waals surface area contributed by atoms with Gasteiger partial charge in [-0.3, -0.25) is 9.59 Å². The number of carbonyl (C=O) groups excluding carboxylic acids is 2. The van der Waals surface area contributed by atoms with Gasteiger partial charge in [0, 0.05) is 12.0 Å². The van der Waals surface area contributed by atoms with Gasteiger partial charge in [-0.2, -0.15) is 0 Å². The average molecular weight is 349 g/mol. The van der Waals surface area contributed by atoms with E-state index < -0.39 is 54.4 Å². The number of aliphatic hydroxyl groups is 4. The van der Waals surface area contributed by atoms with Gasteiger partial charge in [-0.15, -0.1) is 0 Å². The highest BCUT2D eigenvalue weighted by Gasteiger charge is 2.43. The standard InChI is InChI=1S/C15H27NO8/c1-15(2,3)12(21)13(22)16-5-4-6-23-14-11(20)10(19)9(18)8(7-17)24-14/h8-11,14,17-20H,4-7H2,1-3H3,(H,16,22)/t8-,9-,10+,11+,14+/m1/s1. The van der Waals surface area contributed by atoms with Crippen LogP contribution in [-0.2, 0) is 19.1 Å². The third kappa shape index (κ3) is 5.47. The molecule has 0 spiro atoms. The largest absolute Gasteiger partial charge is 0.394 e. The summed E-state index contributed by atoms with van der Waals surface area (Å²) in [6.45, 7) is 4.69. The van der Waals surface area contributed by atoms with Gasteiger partial charge in [0.05, 0.1) is 13.2 Å². The fraction of sp³-hybridized carbons (Fsp3) is 0.867. The number of carbonyl (C=O) groups is 2. The third-order valence-electron chi connectivity index (χ3n) is 3.62. The summed E-state index contributed by atoms with van der Waals surface area (Å²) in [7, 11) is 0. The first-order valence-electron chi connectivity index (χ1n) is 7.84. The van der Waals surface area contributed by atoms with Gasteiger partial charge in [-0.05, 0) is 6.42 Å². The molecule has 140 valence electrons. The van der Waals surface area contributed by atoms with Crippen molar-refractivity contribution in [2.75, 3.05) is 19.8 Å². The molecule has 1 aliphatic rings. The molecular weight excluding hydrogens is 322 g/mol. The minimum Gasteiger partial charge on any atom is -0.394 e. The summed E-state index contributed by atoms with van der Waals surface area (Å²) in [5, 5.41) is 40.6. The molecule has 0 aromatic heterocycles. The van der Waals surface area contributed by atoms with Crippen LogP contribution in [0.2, 0.25) is 0 Å². The number of nitrogens with one attached hydrogen (secondary N) is 1. The molecule has 5 N–H and O–H groups in total. The highest BCUT2D eigenvalue weighted by atomic mass is 16.7. The molecule has 24 heavy (non-hydrogen) atoms. The minimum atomic E-state index is -1.50. The van der Waals surface area contributed by atoms with Gasteiger partial charge in [-0.1, -0.05) is 20.8 Å². The fourth-order valence-corrected chi connectivity index (χ4v) is 2.10. The molecule has 9 nitrogen and oxygen atoms in total. The number of rotatable bonds is 7. The molecule has 0 aromatic rings. The zero-order valence-electron chi connectivity index (χ0n) is 14.1. The van der Waals surface area contributed by atoms with Crippen LogP contribution in [0.3, 0.4) is 0 Å². The van der Waals surface area contributed by atoms with Crippen LogP contribution in [0, 0.1) is 5.41 Å². The Bertz CT molecular complexity index is 434. The zero-order valence-corrected chi connectivity index (χ0v) is 14.1. The van der Waals surface area contributed by atoms with Crippen molar-refractivity contribution in [3.05, 3.63) is 0 Å². The second kappa shape index (κ2) is 8.84. The Labute approximate surface area is 140 Å². The Hall–Kier alpha value is -1.10. The predicted molar refractivity (Wildman–Crippen MR) is 81.8 cm³/mol. The van der Waals surface area contributed by atoms with E-state index in [1.54, 1.807) is 20.8 Å². The normalized spacial score (nSPS) is 30.9. The van der Waals surface area contributed by atoms with E-state index in [4.69, 9.17) is 14.6 Å². The SMILES string of the molecule is CC(C)(C)C(=O)C(=O)NCCCO[C@H]1O[C@H](CO)[C@@H](O)[C@H](O)[C@@H]1O. The lowest BCUT2D eigenvalue weighted by molar-refractivity contribution is -0.301. The number of hydrogen-bond donors (Lipinski definition) is 5. The van der Waals surface area contributed by atoms with Crippen LogP contribution in [-0.4, -0.2) is 82.6 Å². The predicted octanol–water partition coefficient (Wildman–Crippen LogP) is -2.08.